The maximum atomic E-state index is 10.5. The van der Waals surface area contributed by atoms with E-state index in [2.05, 4.69) is 26.9 Å². The van der Waals surface area contributed by atoms with Crippen LogP contribution in [0, 0.1) is 0 Å². The first-order valence-corrected chi connectivity index (χ1v) is 9.92. The Kier molecular flexibility index (Phi) is 5.69. The van der Waals surface area contributed by atoms with Gasteiger partial charge in [0.15, 0.2) is 0 Å². The highest BCUT2D eigenvalue weighted by atomic mass is 16.5. The lowest BCUT2D eigenvalue weighted by Crippen LogP contribution is -2.49. The zero-order chi connectivity index (χ0) is 21.1. The Hall–Kier alpha value is -3.36. The summed E-state index contributed by atoms with van der Waals surface area (Å²) in [6.45, 7) is 5.65. The molecule has 0 unspecified atom stereocenters. The average molecular weight is 407 g/mol. The van der Waals surface area contributed by atoms with Crippen LogP contribution in [0.5, 0.6) is 11.5 Å². The Morgan fingerprint density at radius 1 is 1.00 bits per heavy atom. The van der Waals surface area contributed by atoms with Gasteiger partial charge in [-0.1, -0.05) is 18.2 Å². The number of hydrazine groups is 1. The largest absolute Gasteiger partial charge is 0.508 e. The van der Waals surface area contributed by atoms with E-state index in [0.717, 1.165) is 30.8 Å². The number of phenolic OH excluding ortho intramolecular Hbond substituents is 2. The summed E-state index contributed by atoms with van der Waals surface area (Å²) < 4.78 is 5.45. The number of anilines is 2. The van der Waals surface area contributed by atoms with Crippen molar-refractivity contribution in [3.05, 3.63) is 48.5 Å². The number of nitrogens with two attached hydrogens (primary N) is 1. The quantitative estimate of drug-likeness (QED) is 0.593. The van der Waals surface area contributed by atoms with Gasteiger partial charge in [-0.05, 0) is 42.3 Å². The van der Waals surface area contributed by atoms with Crippen LogP contribution in [-0.4, -0.2) is 58.0 Å². The normalized spacial score (nSPS) is 14.6. The second-order valence-electron chi connectivity index (χ2n) is 7.03. The van der Waals surface area contributed by atoms with E-state index in [-0.39, 0.29) is 17.4 Å². The standard InChI is InChI=1S/C22H25N5O3/c1-2-27(26-9-11-30-12-10-26)21-14-19(24-22(23)25-21)18-13-16(5-8-20(18)29)15-3-6-17(28)7-4-15/h3-8,13-14,28-29H,2,9-12H2,1H3,(H2,23,24,25). The molecule has 4 N–H and O–H groups in total. The van der Waals surface area contributed by atoms with Crippen molar-refractivity contribution in [2.24, 2.45) is 0 Å². The highest BCUT2D eigenvalue weighted by molar-refractivity contribution is 5.77. The van der Waals surface area contributed by atoms with Crippen molar-refractivity contribution in [3.8, 4) is 33.9 Å². The fraction of sp³-hybridized carbons (Fsp3) is 0.273. The SMILES string of the molecule is CCN(c1cc(-c2cc(-c3ccc(O)cc3)ccc2O)nc(N)n1)N1CCOCC1. The van der Waals surface area contributed by atoms with Crippen molar-refractivity contribution in [2.75, 3.05) is 43.6 Å². The van der Waals surface area contributed by atoms with E-state index in [9.17, 15) is 10.2 Å². The minimum atomic E-state index is 0.107. The molecule has 2 aromatic carbocycles. The molecule has 1 aliphatic heterocycles. The lowest BCUT2D eigenvalue weighted by Gasteiger charge is -2.37. The van der Waals surface area contributed by atoms with Crippen LogP contribution >= 0.6 is 0 Å². The van der Waals surface area contributed by atoms with E-state index in [1.54, 1.807) is 18.2 Å². The summed E-state index contributed by atoms with van der Waals surface area (Å²) in [6.07, 6.45) is 0. The summed E-state index contributed by atoms with van der Waals surface area (Å²) in [5, 5.41) is 24.3. The molecule has 0 aliphatic carbocycles. The first kappa shape index (κ1) is 19.9. The van der Waals surface area contributed by atoms with Crippen molar-refractivity contribution in [2.45, 2.75) is 6.92 Å². The Labute approximate surface area is 175 Å². The third-order valence-corrected chi connectivity index (χ3v) is 5.10. The number of ether oxygens (including phenoxy) is 1. The molecular formula is C22H25N5O3. The number of nitrogens with zero attached hydrogens (tertiary/aromatic N) is 4. The van der Waals surface area contributed by atoms with Gasteiger partial charge in [-0.3, -0.25) is 5.01 Å². The second-order valence-corrected chi connectivity index (χ2v) is 7.03. The van der Waals surface area contributed by atoms with Crippen LogP contribution in [0.25, 0.3) is 22.4 Å². The molecule has 1 fully saturated rings. The highest BCUT2D eigenvalue weighted by Crippen LogP contribution is 2.34. The van der Waals surface area contributed by atoms with E-state index >= 15 is 0 Å². The molecule has 0 bridgehead atoms. The van der Waals surface area contributed by atoms with Gasteiger partial charge < -0.3 is 20.7 Å². The van der Waals surface area contributed by atoms with E-state index < -0.39 is 0 Å². The Morgan fingerprint density at radius 2 is 1.70 bits per heavy atom. The second kappa shape index (κ2) is 8.56. The third kappa shape index (κ3) is 4.14. The van der Waals surface area contributed by atoms with Gasteiger partial charge in [0, 0.05) is 31.3 Å². The number of nitrogen functional groups attached to an aromatic ring is 1. The number of aromatic nitrogens is 2. The van der Waals surface area contributed by atoms with E-state index in [1.807, 2.05) is 30.3 Å². The molecule has 2 heterocycles. The van der Waals surface area contributed by atoms with Crippen LogP contribution in [-0.2, 0) is 4.74 Å². The number of morpholine rings is 1. The molecule has 0 saturated carbocycles. The lowest BCUT2D eigenvalue weighted by atomic mass is 10.0. The van der Waals surface area contributed by atoms with Gasteiger partial charge in [-0.2, -0.15) is 4.98 Å². The maximum absolute atomic E-state index is 10.5. The summed E-state index contributed by atoms with van der Waals surface area (Å²) in [5.41, 5.74) is 8.95. The van der Waals surface area contributed by atoms with Gasteiger partial charge >= 0.3 is 0 Å². The van der Waals surface area contributed by atoms with Crippen molar-refractivity contribution in [1.82, 2.24) is 15.0 Å². The van der Waals surface area contributed by atoms with Crippen LogP contribution in [0.4, 0.5) is 11.8 Å². The minimum absolute atomic E-state index is 0.107. The third-order valence-electron chi connectivity index (χ3n) is 5.10. The molecule has 0 spiro atoms. The van der Waals surface area contributed by atoms with Crippen molar-refractivity contribution >= 4 is 11.8 Å². The van der Waals surface area contributed by atoms with Gasteiger partial charge in [-0.25, -0.2) is 9.99 Å². The summed E-state index contributed by atoms with van der Waals surface area (Å²) in [7, 11) is 0. The van der Waals surface area contributed by atoms with Crippen molar-refractivity contribution in [1.29, 1.82) is 0 Å². The summed E-state index contributed by atoms with van der Waals surface area (Å²) >= 11 is 0. The van der Waals surface area contributed by atoms with Crippen LogP contribution in [0.15, 0.2) is 48.5 Å². The topological polar surface area (TPSA) is 108 Å². The van der Waals surface area contributed by atoms with Gasteiger partial charge in [0.2, 0.25) is 5.95 Å². The van der Waals surface area contributed by atoms with Crippen molar-refractivity contribution < 1.29 is 14.9 Å². The number of hydrogen-bond donors (Lipinski definition) is 3. The number of phenols is 2. The van der Waals surface area contributed by atoms with E-state index in [4.69, 9.17) is 10.5 Å². The average Bonchev–Trinajstić information content (AvgIpc) is 2.76. The fourth-order valence-electron chi connectivity index (χ4n) is 3.60. The molecule has 1 aliphatic rings. The Bertz CT molecular complexity index is 1020. The Morgan fingerprint density at radius 3 is 2.40 bits per heavy atom. The molecule has 1 saturated heterocycles. The summed E-state index contributed by atoms with van der Waals surface area (Å²) in [6, 6.07) is 14.1. The number of benzene rings is 2. The number of rotatable bonds is 5. The van der Waals surface area contributed by atoms with Crippen LogP contribution < -0.4 is 10.7 Å². The maximum Gasteiger partial charge on any atom is 0.222 e. The van der Waals surface area contributed by atoms with E-state index in [0.29, 0.717) is 30.3 Å². The first-order chi connectivity index (χ1) is 14.5. The lowest BCUT2D eigenvalue weighted by molar-refractivity contribution is 0.0319. The molecule has 0 atom stereocenters. The zero-order valence-electron chi connectivity index (χ0n) is 16.8. The van der Waals surface area contributed by atoms with Crippen LogP contribution in [0.1, 0.15) is 6.92 Å². The summed E-state index contributed by atoms with van der Waals surface area (Å²) in [4.78, 5) is 8.80. The number of hydrogen-bond acceptors (Lipinski definition) is 8. The molecule has 0 amide bonds. The predicted molar refractivity (Wildman–Crippen MR) is 116 cm³/mol. The highest BCUT2D eigenvalue weighted by Gasteiger charge is 2.21. The van der Waals surface area contributed by atoms with Crippen LogP contribution in [0.3, 0.4) is 0 Å². The predicted octanol–water partition coefficient (Wildman–Crippen LogP) is 2.88. The smallest absolute Gasteiger partial charge is 0.222 e. The summed E-state index contributed by atoms with van der Waals surface area (Å²) in [5.74, 6) is 1.13. The monoisotopic (exact) mass is 407 g/mol. The van der Waals surface area contributed by atoms with Gasteiger partial charge in [-0.15, -0.1) is 0 Å². The molecule has 0 radical (unpaired) electrons. The van der Waals surface area contributed by atoms with Crippen LogP contribution in [0.2, 0.25) is 0 Å². The molecule has 8 heteroatoms. The number of aromatic hydroxyl groups is 2. The van der Waals surface area contributed by atoms with Gasteiger partial charge in [0.1, 0.15) is 17.3 Å². The van der Waals surface area contributed by atoms with E-state index in [1.165, 1.54) is 0 Å². The molecule has 30 heavy (non-hydrogen) atoms. The minimum Gasteiger partial charge on any atom is -0.508 e. The first-order valence-electron chi connectivity index (χ1n) is 9.92. The van der Waals surface area contributed by atoms with Crippen molar-refractivity contribution in [3.63, 3.8) is 0 Å². The Balaban J connectivity index is 1.73. The fourth-order valence-corrected chi connectivity index (χ4v) is 3.60. The molecule has 3 aromatic rings. The van der Waals surface area contributed by atoms with Gasteiger partial charge in [0.05, 0.1) is 18.9 Å². The zero-order valence-corrected chi connectivity index (χ0v) is 16.8. The molecular weight excluding hydrogens is 382 g/mol. The molecule has 8 nitrogen and oxygen atoms in total. The molecule has 1 aromatic heterocycles. The molecule has 4 rings (SSSR count). The molecule has 156 valence electrons. The van der Waals surface area contributed by atoms with Gasteiger partial charge in [0.25, 0.3) is 0 Å².